The van der Waals surface area contributed by atoms with Gasteiger partial charge in [-0.25, -0.2) is 4.98 Å². The highest BCUT2D eigenvalue weighted by Gasteiger charge is 2.21. The molecule has 0 radical (unpaired) electrons. The summed E-state index contributed by atoms with van der Waals surface area (Å²) in [6.45, 7) is 8.09. The third-order valence-electron chi connectivity index (χ3n) is 5.19. The number of hydrogen-bond donors (Lipinski definition) is 1. The lowest BCUT2D eigenvalue weighted by Crippen LogP contribution is -2.36. The van der Waals surface area contributed by atoms with E-state index in [0.717, 1.165) is 17.9 Å². The number of hydrogen-bond acceptors (Lipinski definition) is 6. The second-order valence-electron chi connectivity index (χ2n) is 7.63. The molecule has 0 fully saturated rings. The summed E-state index contributed by atoms with van der Waals surface area (Å²) in [6.07, 6.45) is 2.97. The first kappa shape index (κ1) is 21.6. The Morgan fingerprint density at radius 1 is 1.17 bits per heavy atom. The summed E-state index contributed by atoms with van der Waals surface area (Å²) in [5, 5.41) is 2.78. The molecule has 3 rings (SSSR count). The van der Waals surface area contributed by atoms with E-state index in [1.165, 1.54) is 6.26 Å². The maximum atomic E-state index is 12.3. The van der Waals surface area contributed by atoms with E-state index in [9.17, 15) is 4.79 Å². The normalized spacial score (nSPS) is 12.3. The quantitative estimate of drug-likeness (QED) is 0.537. The fraction of sp³-hybridized carbons (Fsp3) is 0.391. The van der Waals surface area contributed by atoms with Gasteiger partial charge in [-0.15, -0.1) is 0 Å². The SMILES string of the molecule is COc1cccc(CN(Cc2nc(C(=O)NCc3ccco3)co2)C(C)C(C)C)c1. The zero-order valence-corrected chi connectivity index (χ0v) is 17.9. The smallest absolute Gasteiger partial charge is 0.273 e. The van der Waals surface area contributed by atoms with Gasteiger partial charge in [0, 0.05) is 12.6 Å². The molecule has 30 heavy (non-hydrogen) atoms. The predicted octanol–water partition coefficient (Wildman–Crippen LogP) is 4.25. The number of carbonyl (C=O) groups is 1. The highest BCUT2D eigenvalue weighted by molar-refractivity contribution is 5.91. The minimum Gasteiger partial charge on any atom is -0.497 e. The average molecular weight is 412 g/mol. The van der Waals surface area contributed by atoms with Gasteiger partial charge in [-0.1, -0.05) is 26.0 Å². The van der Waals surface area contributed by atoms with Gasteiger partial charge < -0.3 is 18.9 Å². The Bertz CT molecular complexity index is 934. The molecule has 1 aromatic carbocycles. The third kappa shape index (κ3) is 5.73. The van der Waals surface area contributed by atoms with Gasteiger partial charge in [0.2, 0.25) is 5.89 Å². The molecule has 2 aromatic heterocycles. The predicted molar refractivity (Wildman–Crippen MR) is 113 cm³/mol. The van der Waals surface area contributed by atoms with Gasteiger partial charge in [0.25, 0.3) is 5.91 Å². The molecule has 1 unspecified atom stereocenters. The second-order valence-corrected chi connectivity index (χ2v) is 7.63. The second kappa shape index (κ2) is 10.1. The van der Waals surface area contributed by atoms with Crippen molar-refractivity contribution in [2.75, 3.05) is 7.11 Å². The van der Waals surface area contributed by atoms with Gasteiger partial charge in [0.1, 0.15) is 17.8 Å². The fourth-order valence-electron chi connectivity index (χ4n) is 3.10. The van der Waals surface area contributed by atoms with E-state index in [1.54, 1.807) is 25.5 Å². The Hall–Kier alpha value is -3.06. The van der Waals surface area contributed by atoms with Gasteiger partial charge in [-0.3, -0.25) is 9.69 Å². The summed E-state index contributed by atoms with van der Waals surface area (Å²) >= 11 is 0. The van der Waals surface area contributed by atoms with Crippen LogP contribution in [-0.4, -0.2) is 28.9 Å². The van der Waals surface area contributed by atoms with Gasteiger partial charge in [-0.05, 0) is 42.7 Å². The lowest BCUT2D eigenvalue weighted by atomic mass is 10.0. The van der Waals surface area contributed by atoms with Crippen LogP contribution in [0.4, 0.5) is 0 Å². The number of rotatable bonds is 10. The molecule has 0 saturated heterocycles. The summed E-state index contributed by atoms with van der Waals surface area (Å²) in [5.41, 5.74) is 1.40. The van der Waals surface area contributed by atoms with E-state index < -0.39 is 0 Å². The van der Waals surface area contributed by atoms with Gasteiger partial charge >= 0.3 is 0 Å². The largest absolute Gasteiger partial charge is 0.497 e. The number of nitrogens with zero attached hydrogens (tertiary/aromatic N) is 2. The van der Waals surface area contributed by atoms with Crippen LogP contribution in [0.25, 0.3) is 0 Å². The highest BCUT2D eigenvalue weighted by Crippen LogP contribution is 2.20. The zero-order chi connectivity index (χ0) is 21.5. The molecular weight excluding hydrogens is 382 g/mol. The molecule has 1 atom stereocenters. The number of nitrogens with one attached hydrogen (secondary N) is 1. The minimum atomic E-state index is -0.294. The molecule has 3 aromatic rings. The maximum absolute atomic E-state index is 12.3. The van der Waals surface area contributed by atoms with Crippen molar-refractivity contribution in [1.82, 2.24) is 15.2 Å². The summed E-state index contributed by atoms with van der Waals surface area (Å²) in [6, 6.07) is 11.9. The number of aromatic nitrogens is 1. The molecule has 0 aliphatic heterocycles. The van der Waals surface area contributed by atoms with E-state index in [-0.39, 0.29) is 11.6 Å². The Balaban J connectivity index is 1.67. The standard InChI is InChI=1S/C23H29N3O4/c1-16(2)17(3)26(13-18-7-5-8-19(11-18)28-4)14-22-25-21(15-30-22)23(27)24-12-20-9-6-10-29-20/h5-11,15-17H,12-14H2,1-4H3,(H,24,27). The molecule has 0 saturated carbocycles. The van der Waals surface area contributed by atoms with Crippen LogP contribution in [0.1, 0.15) is 48.5 Å². The number of amides is 1. The van der Waals surface area contributed by atoms with Gasteiger partial charge in [0.15, 0.2) is 5.69 Å². The molecule has 0 bridgehead atoms. The third-order valence-corrected chi connectivity index (χ3v) is 5.19. The van der Waals surface area contributed by atoms with Gasteiger partial charge in [0.05, 0.1) is 26.5 Å². The first-order valence-corrected chi connectivity index (χ1v) is 10.1. The summed E-state index contributed by atoms with van der Waals surface area (Å²) in [5.74, 6) is 2.17. The van der Waals surface area contributed by atoms with Crippen molar-refractivity contribution < 1.29 is 18.4 Å². The van der Waals surface area contributed by atoms with Crippen LogP contribution < -0.4 is 10.1 Å². The van der Waals surface area contributed by atoms with Crippen molar-refractivity contribution in [3.63, 3.8) is 0 Å². The first-order valence-electron chi connectivity index (χ1n) is 10.1. The Morgan fingerprint density at radius 3 is 2.70 bits per heavy atom. The van der Waals surface area contributed by atoms with E-state index in [1.807, 2.05) is 18.2 Å². The lowest BCUT2D eigenvalue weighted by Gasteiger charge is -2.30. The van der Waals surface area contributed by atoms with E-state index in [0.29, 0.717) is 36.7 Å². The number of ether oxygens (including phenoxy) is 1. The van der Waals surface area contributed by atoms with Crippen LogP contribution in [-0.2, 0) is 19.6 Å². The number of benzene rings is 1. The maximum Gasteiger partial charge on any atom is 0.273 e. The molecule has 1 amide bonds. The van der Waals surface area contributed by atoms with Gasteiger partial charge in [-0.2, -0.15) is 0 Å². The fourth-order valence-corrected chi connectivity index (χ4v) is 3.10. The molecule has 7 heteroatoms. The zero-order valence-electron chi connectivity index (χ0n) is 17.9. The summed E-state index contributed by atoms with van der Waals surface area (Å²) in [4.78, 5) is 19.0. The first-order chi connectivity index (χ1) is 14.5. The van der Waals surface area contributed by atoms with Crippen molar-refractivity contribution in [1.29, 1.82) is 0 Å². The molecular formula is C23H29N3O4. The Labute approximate surface area is 177 Å². The molecule has 0 spiro atoms. The van der Waals surface area contributed by atoms with Crippen LogP contribution in [0, 0.1) is 5.92 Å². The summed E-state index contributed by atoms with van der Waals surface area (Å²) < 4.78 is 16.2. The number of carbonyl (C=O) groups excluding carboxylic acids is 1. The number of oxazole rings is 1. The topological polar surface area (TPSA) is 80.7 Å². The van der Waals surface area contributed by atoms with E-state index in [2.05, 4.69) is 42.0 Å². The van der Waals surface area contributed by atoms with Crippen LogP contribution in [0.3, 0.4) is 0 Å². The van der Waals surface area contributed by atoms with Crippen LogP contribution >= 0.6 is 0 Å². The number of furan rings is 1. The van der Waals surface area contributed by atoms with E-state index in [4.69, 9.17) is 13.6 Å². The monoisotopic (exact) mass is 411 g/mol. The van der Waals surface area contributed by atoms with Crippen molar-refractivity contribution in [3.05, 3.63) is 71.8 Å². The Kier molecular flexibility index (Phi) is 7.30. The van der Waals surface area contributed by atoms with Crippen molar-refractivity contribution in [2.24, 2.45) is 5.92 Å². The summed E-state index contributed by atoms with van der Waals surface area (Å²) in [7, 11) is 1.67. The molecule has 0 aliphatic rings. The molecule has 0 aliphatic carbocycles. The van der Waals surface area contributed by atoms with Crippen molar-refractivity contribution in [2.45, 2.75) is 46.4 Å². The molecule has 2 heterocycles. The average Bonchev–Trinajstić information content (AvgIpc) is 3.43. The molecule has 1 N–H and O–H groups in total. The lowest BCUT2D eigenvalue weighted by molar-refractivity contribution is 0.0942. The van der Waals surface area contributed by atoms with Crippen molar-refractivity contribution in [3.8, 4) is 5.75 Å². The van der Waals surface area contributed by atoms with Crippen molar-refractivity contribution >= 4 is 5.91 Å². The van der Waals surface area contributed by atoms with Crippen LogP contribution in [0.5, 0.6) is 5.75 Å². The molecule has 7 nitrogen and oxygen atoms in total. The Morgan fingerprint density at radius 2 is 2.00 bits per heavy atom. The minimum absolute atomic E-state index is 0.259. The number of methoxy groups -OCH3 is 1. The molecule has 160 valence electrons. The van der Waals surface area contributed by atoms with E-state index >= 15 is 0 Å². The van der Waals surface area contributed by atoms with Crippen LogP contribution in [0.15, 0.2) is 57.8 Å². The highest BCUT2D eigenvalue weighted by atomic mass is 16.5. The van der Waals surface area contributed by atoms with Crippen LogP contribution in [0.2, 0.25) is 0 Å².